The molecule has 0 saturated carbocycles. The highest BCUT2D eigenvalue weighted by atomic mass is 32.2. The van der Waals surface area contributed by atoms with Gasteiger partial charge in [-0.15, -0.1) is 0 Å². The third-order valence-corrected chi connectivity index (χ3v) is 5.60. The standard InChI is InChI=1S/C24H22F2N6O2S/c1-35(34)31-19-9-16(20-4-3-18(25)11-22(20)26)8-17(10-19)21(12-27)23-5-2-15(13-28-23)24-29-14-32(30-24)6-7-33/h2-5,8-14,31,33H,6-7,27H2,1H3. The molecule has 0 aliphatic rings. The largest absolute Gasteiger partial charge is 0.593 e. The maximum absolute atomic E-state index is 14.5. The fourth-order valence-corrected chi connectivity index (χ4v) is 3.99. The molecule has 0 aliphatic carbocycles. The quantitative estimate of drug-likeness (QED) is 0.320. The number of benzene rings is 2. The van der Waals surface area contributed by atoms with Crippen LogP contribution in [0.4, 0.5) is 14.5 Å². The van der Waals surface area contributed by atoms with Gasteiger partial charge in [0.15, 0.2) is 5.82 Å². The van der Waals surface area contributed by atoms with E-state index >= 15 is 0 Å². The molecule has 1 unspecified atom stereocenters. The zero-order chi connectivity index (χ0) is 24.9. The first-order valence-corrected chi connectivity index (χ1v) is 12.0. The summed E-state index contributed by atoms with van der Waals surface area (Å²) in [4.78, 5) is 8.71. The third kappa shape index (κ3) is 5.65. The van der Waals surface area contributed by atoms with Gasteiger partial charge in [-0.05, 0) is 53.6 Å². The first-order valence-electron chi connectivity index (χ1n) is 10.5. The Labute approximate surface area is 203 Å². The molecule has 0 fully saturated rings. The highest BCUT2D eigenvalue weighted by Crippen LogP contribution is 2.32. The number of hydrogen-bond acceptors (Lipinski definition) is 7. The van der Waals surface area contributed by atoms with E-state index in [9.17, 15) is 13.3 Å². The van der Waals surface area contributed by atoms with Gasteiger partial charge in [0.25, 0.3) is 0 Å². The van der Waals surface area contributed by atoms with E-state index in [0.29, 0.717) is 46.0 Å². The minimum absolute atomic E-state index is 0.0476. The Balaban J connectivity index is 1.72. The van der Waals surface area contributed by atoms with E-state index in [1.165, 1.54) is 35.6 Å². The Kier molecular flexibility index (Phi) is 7.39. The van der Waals surface area contributed by atoms with E-state index < -0.39 is 23.0 Å². The van der Waals surface area contributed by atoms with Gasteiger partial charge in [0.2, 0.25) is 0 Å². The van der Waals surface area contributed by atoms with E-state index in [1.54, 1.807) is 36.5 Å². The van der Waals surface area contributed by atoms with Crippen LogP contribution in [0.3, 0.4) is 0 Å². The van der Waals surface area contributed by atoms with Gasteiger partial charge in [0.1, 0.15) is 24.2 Å². The number of halogens is 2. The average molecular weight is 497 g/mol. The van der Waals surface area contributed by atoms with E-state index in [1.807, 2.05) is 0 Å². The number of rotatable bonds is 8. The van der Waals surface area contributed by atoms with Crippen LogP contribution in [0.5, 0.6) is 0 Å². The molecule has 0 spiro atoms. The molecule has 0 amide bonds. The molecule has 2 aromatic carbocycles. The highest BCUT2D eigenvalue weighted by molar-refractivity contribution is 7.92. The van der Waals surface area contributed by atoms with Crippen LogP contribution in [-0.2, 0) is 17.9 Å². The Morgan fingerprint density at radius 1 is 1.14 bits per heavy atom. The van der Waals surface area contributed by atoms with Crippen LogP contribution < -0.4 is 10.5 Å². The number of aliphatic hydroxyl groups excluding tert-OH is 1. The Bertz CT molecular complexity index is 1360. The Hall–Kier alpha value is -3.80. The predicted molar refractivity (Wildman–Crippen MR) is 131 cm³/mol. The number of nitrogens with zero attached hydrogens (tertiary/aromatic N) is 4. The lowest BCUT2D eigenvalue weighted by molar-refractivity contribution is 0.269. The summed E-state index contributed by atoms with van der Waals surface area (Å²) < 4.78 is 44.1. The number of anilines is 1. The summed E-state index contributed by atoms with van der Waals surface area (Å²) in [5.41, 5.74) is 9.40. The molecule has 0 radical (unpaired) electrons. The average Bonchev–Trinajstić information content (AvgIpc) is 3.28. The molecule has 0 bridgehead atoms. The number of pyridine rings is 1. The van der Waals surface area contributed by atoms with Crippen molar-refractivity contribution in [3.05, 3.63) is 90.1 Å². The minimum Gasteiger partial charge on any atom is -0.593 e. The van der Waals surface area contributed by atoms with Crippen LogP contribution in [0.1, 0.15) is 11.3 Å². The summed E-state index contributed by atoms with van der Waals surface area (Å²) in [7, 11) is 0. The van der Waals surface area contributed by atoms with Crippen molar-refractivity contribution in [1.82, 2.24) is 19.7 Å². The first kappa shape index (κ1) is 24.3. The highest BCUT2D eigenvalue weighted by Gasteiger charge is 2.15. The first-order chi connectivity index (χ1) is 16.9. The fourth-order valence-electron chi connectivity index (χ4n) is 3.54. The molecule has 11 heteroatoms. The molecular weight excluding hydrogens is 474 g/mol. The van der Waals surface area contributed by atoms with Crippen molar-refractivity contribution >= 4 is 22.6 Å². The minimum atomic E-state index is -1.38. The second-order valence-corrected chi connectivity index (χ2v) is 8.66. The normalized spacial score (nSPS) is 12.5. The number of nitrogens with two attached hydrogens (primary N) is 1. The monoisotopic (exact) mass is 496 g/mol. The van der Waals surface area contributed by atoms with Crippen LogP contribution in [0.15, 0.2) is 67.3 Å². The number of hydrogen-bond donors (Lipinski definition) is 3. The summed E-state index contributed by atoms with van der Waals surface area (Å²) >= 11 is -1.38. The van der Waals surface area contributed by atoms with Crippen molar-refractivity contribution < 1.29 is 18.4 Å². The summed E-state index contributed by atoms with van der Waals surface area (Å²) in [5.74, 6) is -0.945. The molecule has 4 aromatic rings. The van der Waals surface area contributed by atoms with Gasteiger partial charge in [-0.25, -0.2) is 18.5 Å². The van der Waals surface area contributed by atoms with Gasteiger partial charge in [-0.3, -0.25) is 9.67 Å². The second kappa shape index (κ2) is 10.6. The summed E-state index contributed by atoms with van der Waals surface area (Å²) in [5, 5.41) is 13.3. The molecule has 2 aromatic heterocycles. The molecule has 2 heterocycles. The lowest BCUT2D eigenvalue weighted by Gasteiger charge is -2.14. The van der Waals surface area contributed by atoms with Crippen LogP contribution in [-0.4, -0.2) is 42.3 Å². The molecule has 0 aliphatic heterocycles. The molecule has 35 heavy (non-hydrogen) atoms. The Morgan fingerprint density at radius 2 is 1.97 bits per heavy atom. The van der Waals surface area contributed by atoms with Gasteiger partial charge >= 0.3 is 0 Å². The lowest BCUT2D eigenvalue weighted by Crippen LogP contribution is -2.10. The van der Waals surface area contributed by atoms with Crippen LogP contribution in [0, 0.1) is 11.6 Å². The molecule has 180 valence electrons. The lowest BCUT2D eigenvalue weighted by atomic mass is 9.96. The van der Waals surface area contributed by atoms with E-state index in [0.717, 1.165) is 6.07 Å². The molecule has 1 atom stereocenters. The second-order valence-electron chi connectivity index (χ2n) is 7.55. The Morgan fingerprint density at radius 3 is 2.63 bits per heavy atom. The molecular formula is C24H22F2N6O2S. The van der Waals surface area contributed by atoms with Crippen molar-refractivity contribution in [3.8, 4) is 22.5 Å². The molecule has 8 nitrogen and oxygen atoms in total. The summed E-state index contributed by atoms with van der Waals surface area (Å²) in [6.45, 7) is 0.288. The van der Waals surface area contributed by atoms with Crippen molar-refractivity contribution in [3.63, 3.8) is 0 Å². The maximum atomic E-state index is 14.5. The molecule has 4 rings (SSSR count). The van der Waals surface area contributed by atoms with Gasteiger partial charge in [-0.1, -0.05) is 0 Å². The van der Waals surface area contributed by atoms with E-state index in [4.69, 9.17) is 10.8 Å². The topological polar surface area (TPSA) is 125 Å². The summed E-state index contributed by atoms with van der Waals surface area (Å²) in [6.07, 6.45) is 5.97. The fraction of sp³-hybridized carbons (Fsp3) is 0.125. The third-order valence-electron chi connectivity index (χ3n) is 5.08. The SMILES string of the molecule is C[S+]([O-])Nc1cc(C(=CN)c2ccc(-c3ncn(CCO)n3)cn2)cc(-c2ccc(F)cc2F)c1. The summed E-state index contributed by atoms with van der Waals surface area (Å²) in [6, 6.07) is 11.9. The zero-order valence-electron chi connectivity index (χ0n) is 18.7. The van der Waals surface area contributed by atoms with Crippen molar-refractivity contribution in [2.75, 3.05) is 17.6 Å². The van der Waals surface area contributed by atoms with E-state index in [2.05, 4.69) is 19.8 Å². The van der Waals surface area contributed by atoms with Crippen molar-refractivity contribution in [2.24, 2.45) is 5.73 Å². The molecule has 4 N–H and O–H groups in total. The van der Waals surface area contributed by atoms with Crippen LogP contribution >= 0.6 is 0 Å². The van der Waals surface area contributed by atoms with Crippen LogP contribution in [0.25, 0.3) is 28.1 Å². The predicted octanol–water partition coefficient (Wildman–Crippen LogP) is 3.33. The van der Waals surface area contributed by atoms with E-state index in [-0.39, 0.29) is 12.2 Å². The van der Waals surface area contributed by atoms with Gasteiger partial charge in [-0.2, -0.15) is 5.10 Å². The zero-order valence-corrected chi connectivity index (χ0v) is 19.5. The smallest absolute Gasteiger partial charge is 0.182 e. The van der Waals surface area contributed by atoms with Gasteiger partial charge < -0.3 is 15.4 Å². The van der Waals surface area contributed by atoms with Gasteiger partial charge in [0.05, 0.1) is 35.9 Å². The van der Waals surface area contributed by atoms with Crippen LogP contribution in [0.2, 0.25) is 0 Å². The number of aromatic nitrogens is 4. The van der Waals surface area contributed by atoms with Gasteiger partial charge in [0, 0.05) is 35.2 Å². The number of nitrogens with one attached hydrogen (secondary N) is 1. The maximum Gasteiger partial charge on any atom is 0.182 e. The van der Waals surface area contributed by atoms with Crippen molar-refractivity contribution in [1.29, 1.82) is 0 Å². The molecule has 0 saturated heterocycles. The van der Waals surface area contributed by atoms with Crippen molar-refractivity contribution in [2.45, 2.75) is 6.54 Å². The number of aliphatic hydroxyl groups is 1.